The van der Waals surface area contributed by atoms with E-state index in [9.17, 15) is 4.79 Å². The standard InChI is InChI=1S/C24H36N2O3/c1-24-16-20-19(15-18-9-5-4-6-10-18)25(2)21(24)11-7-8-12-22(24)26(20)23(27)17-29-14-13-28-3/h4-6,9-10,19-22H,7-8,11-17H2,1-3H3/t19-,20+,21-,22+,24-/m1/s1. The van der Waals surface area contributed by atoms with E-state index in [1.165, 1.54) is 24.8 Å². The lowest BCUT2D eigenvalue weighted by Crippen LogP contribution is -2.58. The number of methoxy groups -OCH3 is 1. The van der Waals surface area contributed by atoms with Gasteiger partial charge in [0.1, 0.15) is 6.61 Å². The maximum Gasteiger partial charge on any atom is 0.249 e. The number of carbonyl (C=O) groups is 1. The van der Waals surface area contributed by atoms with Crippen molar-refractivity contribution in [2.24, 2.45) is 5.41 Å². The van der Waals surface area contributed by atoms with Crippen LogP contribution >= 0.6 is 0 Å². The Morgan fingerprint density at radius 3 is 2.59 bits per heavy atom. The summed E-state index contributed by atoms with van der Waals surface area (Å²) in [6, 6.07) is 12.3. The predicted molar refractivity (Wildman–Crippen MR) is 114 cm³/mol. The van der Waals surface area contributed by atoms with Crippen molar-refractivity contribution in [1.82, 2.24) is 9.80 Å². The molecule has 5 nitrogen and oxygen atoms in total. The molecule has 0 radical (unpaired) electrons. The summed E-state index contributed by atoms with van der Waals surface area (Å²) in [6.45, 7) is 3.60. The summed E-state index contributed by atoms with van der Waals surface area (Å²) >= 11 is 0. The lowest BCUT2D eigenvalue weighted by atomic mass is 9.69. The molecule has 2 aliphatic heterocycles. The Labute approximate surface area is 175 Å². The molecule has 2 heterocycles. The van der Waals surface area contributed by atoms with Crippen molar-refractivity contribution >= 4 is 5.91 Å². The molecule has 0 unspecified atom stereocenters. The highest BCUT2D eigenvalue weighted by atomic mass is 16.5. The minimum atomic E-state index is 0.161. The summed E-state index contributed by atoms with van der Waals surface area (Å²) in [6.07, 6.45) is 6.96. The number of rotatable bonds is 7. The third-order valence-corrected chi connectivity index (χ3v) is 7.76. The average molecular weight is 401 g/mol. The third-order valence-electron chi connectivity index (χ3n) is 7.76. The molecule has 0 N–H and O–H groups in total. The van der Waals surface area contributed by atoms with Gasteiger partial charge < -0.3 is 14.4 Å². The maximum atomic E-state index is 13.4. The van der Waals surface area contributed by atoms with Crippen LogP contribution in [0.1, 0.15) is 44.6 Å². The second-order valence-corrected chi connectivity index (χ2v) is 9.36. The summed E-state index contributed by atoms with van der Waals surface area (Å²) in [5.41, 5.74) is 1.54. The van der Waals surface area contributed by atoms with Crippen molar-refractivity contribution in [2.45, 2.75) is 69.6 Å². The molecule has 1 saturated carbocycles. The van der Waals surface area contributed by atoms with Crippen LogP contribution in [0.15, 0.2) is 30.3 Å². The monoisotopic (exact) mass is 400 g/mol. The van der Waals surface area contributed by atoms with Crippen LogP contribution in [0.4, 0.5) is 0 Å². The molecule has 2 saturated heterocycles. The number of amides is 1. The fourth-order valence-electron chi connectivity index (χ4n) is 6.43. The number of likely N-dealkylation sites (N-methyl/N-ethyl adjacent to an activating group) is 1. The normalized spacial score (nSPS) is 34.2. The third kappa shape index (κ3) is 3.85. The average Bonchev–Trinajstić information content (AvgIpc) is 2.87. The number of piperidine rings is 1. The van der Waals surface area contributed by atoms with Crippen molar-refractivity contribution in [2.75, 3.05) is 34.0 Å². The Bertz CT molecular complexity index is 697. The van der Waals surface area contributed by atoms with E-state index in [0.29, 0.717) is 31.3 Å². The number of likely N-dealkylation sites (tertiary alicyclic amines) is 2. The van der Waals surface area contributed by atoms with Gasteiger partial charge in [-0.15, -0.1) is 0 Å². The quantitative estimate of drug-likeness (QED) is 0.660. The molecule has 1 aromatic rings. The second kappa shape index (κ2) is 8.75. The molecule has 3 aliphatic rings. The molecule has 5 heteroatoms. The van der Waals surface area contributed by atoms with E-state index in [1.807, 2.05) is 0 Å². The molecule has 1 amide bonds. The first-order chi connectivity index (χ1) is 14.1. The zero-order valence-corrected chi connectivity index (χ0v) is 18.2. The summed E-state index contributed by atoms with van der Waals surface area (Å²) < 4.78 is 10.7. The summed E-state index contributed by atoms with van der Waals surface area (Å²) in [5.74, 6) is 0.161. The van der Waals surface area contributed by atoms with Gasteiger partial charge in [0, 0.05) is 36.7 Å². The number of hydrogen-bond donors (Lipinski definition) is 0. The number of fused-ring (bicyclic) bond motifs is 1. The smallest absolute Gasteiger partial charge is 0.249 e. The van der Waals surface area contributed by atoms with Gasteiger partial charge in [0.15, 0.2) is 0 Å². The van der Waals surface area contributed by atoms with Gasteiger partial charge in [0.2, 0.25) is 5.91 Å². The highest BCUT2D eigenvalue weighted by Crippen LogP contribution is 2.55. The van der Waals surface area contributed by atoms with Crippen LogP contribution in [0.25, 0.3) is 0 Å². The molecule has 0 spiro atoms. The van der Waals surface area contributed by atoms with Crippen molar-refractivity contribution < 1.29 is 14.3 Å². The molecular formula is C24H36N2O3. The Morgan fingerprint density at radius 2 is 1.86 bits per heavy atom. The Morgan fingerprint density at radius 1 is 1.14 bits per heavy atom. The predicted octanol–water partition coefficient (Wildman–Crippen LogP) is 3.12. The minimum absolute atomic E-state index is 0.161. The van der Waals surface area contributed by atoms with E-state index in [-0.39, 0.29) is 24.0 Å². The Kier molecular flexibility index (Phi) is 6.28. The first-order valence-corrected chi connectivity index (χ1v) is 11.2. The number of nitrogens with zero attached hydrogens (tertiary/aromatic N) is 2. The molecule has 1 aromatic carbocycles. The molecule has 5 atom stereocenters. The molecule has 3 fully saturated rings. The topological polar surface area (TPSA) is 42.0 Å². The first-order valence-electron chi connectivity index (χ1n) is 11.2. The van der Waals surface area contributed by atoms with Gasteiger partial charge in [-0.2, -0.15) is 0 Å². The van der Waals surface area contributed by atoms with E-state index in [4.69, 9.17) is 9.47 Å². The fourth-order valence-corrected chi connectivity index (χ4v) is 6.43. The summed E-state index contributed by atoms with van der Waals surface area (Å²) in [5, 5.41) is 0. The van der Waals surface area contributed by atoms with E-state index in [1.54, 1.807) is 7.11 Å². The largest absolute Gasteiger partial charge is 0.382 e. The Balaban J connectivity index is 1.61. The number of ether oxygens (including phenoxy) is 2. The van der Waals surface area contributed by atoms with Crippen LogP contribution in [0, 0.1) is 5.41 Å². The zero-order chi connectivity index (χ0) is 20.4. The molecule has 2 bridgehead atoms. The van der Waals surface area contributed by atoms with Gasteiger partial charge >= 0.3 is 0 Å². The van der Waals surface area contributed by atoms with Gasteiger partial charge in [0.05, 0.1) is 13.2 Å². The van der Waals surface area contributed by atoms with Crippen LogP contribution in [-0.4, -0.2) is 73.9 Å². The highest BCUT2D eigenvalue weighted by Gasteiger charge is 2.61. The molecular weight excluding hydrogens is 364 g/mol. The first kappa shape index (κ1) is 20.8. The van der Waals surface area contributed by atoms with Gasteiger partial charge in [-0.05, 0) is 38.3 Å². The van der Waals surface area contributed by atoms with Crippen LogP contribution in [0.3, 0.4) is 0 Å². The van der Waals surface area contributed by atoms with Crippen molar-refractivity contribution in [3.05, 3.63) is 35.9 Å². The maximum absolute atomic E-state index is 13.4. The van der Waals surface area contributed by atoms with Gasteiger partial charge in [-0.3, -0.25) is 9.69 Å². The number of carbonyl (C=O) groups excluding carboxylic acids is 1. The minimum Gasteiger partial charge on any atom is -0.382 e. The van der Waals surface area contributed by atoms with Crippen molar-refractivity contribution in [1.29, 1.82) is 0 Å². The summed E-state index contributed by atoms with van der Waals surface area (Å²) in [7, 11) is 3.96. The molecule has 0 aromatic heterocycles. The molecule has 1 aliphatic carbocycles. The fraction of sp³-hybridized carbons (Fsp3) is 0.708. The number of benzene rings is 1. The zero-order valence-electron chi connectivity index (χ0n) is 18.2. The van der Waals surface area contributed by atoms with Crippen LogP contribution in [-0.2, 0) is 20.7 Å². The Hall–Kier alpha value is -1.43. The van der Waals surface area contributed by atoms with Gasteiger partial charge in [-0.1, -0.05) is 50.1 Å². The lowest BCUT2D eigenvalue weighted by Gasteiger charge is -2.49. The van der Waals surface area contributed by atoms with Gasteiger partial charge in [0.25, 0.3) is 0 Å². The van der Waals surface area contributed by atoms with Crippen LogP contribution in [0.2, 0.25) is 0 Å². The van der Waals surface area contributed by atoms with E-state index >= 15 is 0 Å². The summed E-state index contributed by atoms with van der Waals surface area (Å²) in [4.78, 5) is 18.2. The number of hydrogen-bond acceptors (Lipinski definition) is 4. The van der Waals surface area contributed by atoms with E-state index in [0.717, 1.165) is 19.3 Å². The van der Waals surface area contributed by atoms with E-state index in [2.05, 4.69) is 54.1 Å². The van der Waals surface area contributed by atoms with E-state index < -0.39 is 0 Å². The highest BCUT2D eigenvalue weighted by molar-refractivity contribution is 5.79. The molecule has 29 heavy (non-hydrogen) atoms. The van der Waals surface area contributed by atoms with Crippen LogP contribution in [0.5, 0.6) is 0 Å². The molecule has 160 valence electrons. The lowest BCUT2D eigenvalue weighted by molar-refractivity contribution is -0.140. The van der Waals surface area contributed by atoms with Crippen molar-refractivity contribution in [3.63, 3.8) is 0 Å². The van der Waals surface area contributed by atoms with Gasteiger partial charge in [-0.25, -0.2) is 0 Å². The van der Waals surface area contributed by atoms with Crippen molar-refractivity contribution in [3.8, 4) is 0 Å². The SMILES string of the molecule is COCCOCC(=O)N1[C@H]2CCCC[C@H]3N(C)[C@H](Cc4ccccc4)[C@@H]1C[C@@]23C. The van der Waals surface area contributed by atoms with Crippen LogP contribution < -0.4 is 0 Å². The molecule has 4 rings (SSSR count). The second-order valence-electron chi connectivity index (χ2n) is 9.36.